The summed E-state index contributed by atoms with van der Waals surface area (Å²) >= 11 is 3.29. The van der Waals surface area contributed by atoms with Crippen LogP contribution >= 0.6 is 15.9 Å². The third-order valence-corrected chi connectivity index (χ3v) is 4.86. The Balaban J connectivity index is 1.81. The topological polar surface area (TPSA) is 58.8 Å². The van der Waals surface area contributed by atoms with Crippen LogP contribution in [0.4, 0.5) is 15.8 Å². The average molecular weight is 422 g/mol. The first-order chi connectivity index (χ1) is 12.5. The second kappa shape index (κ2) is 7.95. The van der Waals surface area contributed by atoms with Gasteiger partial charge in [0.05, 0.1) is 23.5 Å². The van der Waals surface area contributed by atoms with Crippen molar-refractivity contribution in [3.8, 4) is 5.75 Å². The molecule has 1 heterocycles. The van der Waals surface area contributed by atoms with Crippen LogP contribution in [0.15, 0.2) is 40.9 Å². The van der Waals surface area contributed by atoms with Crippen molar-refractivity contribution in [2.75, 3.05) is 42.6 Å². The van der Waals surface area contributed by atoms with Gasteiger partial charge in [-0.1, -0.05) is 28.1 Å². The minimum absolute atomic E-state index is 0.0589. The molecule has 1 aliphatic heterocycles. The van der Waals surface area contributed by atoms with Gasteiger partial charge in [0.25, 0.3) is 5.91 Å². The summed E-state index contributed by atoms with van der Waals surface area (Å²) in [6, 6.07) is 10.9. The molecule has 0 bridgehead atoms. The van der Waals surface area contributed by atoms with Gasteiger partial charge >= 0.3 is 0 Å². The van der Waals surface area contributed by atoms with Crippen molar-refractivity contribution in [2.24, 2.45) is 5.73 Å². The van der Waals surface area contributed by atoms with Crippen LogP contribution in [-0.4, -0.2) is 38.7 Å². The molecule has 0 unspecified atom stereocenters. The molecule has 138 valence electrons. The Morgan fingerprint density at radius 2 is 1.77 bits per heavy atom. The lowest BCUT2D eigenvalue weighted by Crippen LogP contribution is -2.47. The van der Waals surface area contributed by atoms with Gasteiger partial charge in [-0.15, -0.1) is 0 Å². The summed E-state index contributed by atoms with van der Waals surface area (Å²) in [4.78, 5) is 15.9. The Morgan fingerprint density at radius 3 is 2.38 bits per heavy atom. The number of piperazine rings is 1. The number of anilines is 2. The number of halogens is 2. The van der Waals surface area contributed by atoms with Gasteiger partial charge in [0, 0.05) is 30.7 Å². The van der Waals surface area contributed by atoms with Crippen LogP contribution in [0.1, 0.15) is 17.3 Å². The molecular formula is C19H21BrFN3O2. The number of ether oxygens (including phenoxy) is 1. The van der Waals surface area contributed by atoms with Crippen LogP contribution in [0.5, 0.6) is 5.75 Å². The third-order valence-electron chi connectivity index (χ3n) is 4.41. The number of benzene rings is 2. The Bertz CT molecular complexity index is 807. The lowest BCUT2D eigenvalue weighted by Gasteiger charge is -2.38. The Morgan fingerprint density at radius 1 is 1.15 bits per heavy atom. The van der Waals surface area contributed by atoms with Crippen LogP contribution in [0.3, 0.4) is 0 Å². The molecule has 26 heavy (non-hydrogen) atoms. The van der Waals surface area contributed by atoms with E-state index < -0.39 is 11.7 Å². The number of rotatable bonds is 5. The summed E-state index contributed by atoms with van der Waals surface area (Å²) in [6.45, 7) is 5.33. The highest BCUT2D eigenvalue weighted by Crippen LogP contribution is 2.32. The van der Waals surface area contributed by atoms with Crippen molar-refractivity contribution < 1.29 is 13.9 Å². The number of carbonyl (C=O) groups excluding carboxylic acids is 1. The fraction of sp³-hybridized carbons (Fsp3) is 0.316. The molecule has 1 aliphatic rings. The normalized spacial score (nSPS) is 14.4. The van der Waals surface area contributed by atoms with E-state index in [1.165, 1.54) is 6.07 Å². The van der Waals surface area contributed by atoms with E-state index in [0.717, 1.165) is 24.5 Å². The van der Waals surface area contributed by atoms with Crippen molar-refractivity contribution in [1.29, 1.82) is 0 Å². The zero-order valence-corrected chi connectivity index (χ0v) is 16.1. The average Bonchev–Trinajstić information content (AvgIpc) is 2.61. The monoisotopic (exact) mass is 421 g/mol. The van der Waals surface area contributed by atoms with Crippen LogP contribution in [0.2, 0.25) is 0 Å². The number of primary amides is 1. The number of amides is 1. The van der Waals surface area contributed by atoms with Crippen LogP contribution < -0.4 is 20.3 Å². The van der Waals surface area contributed by atoms with E-state index in [4.69, 9.17) is 10.5 Å². The van der Waals surface area contributed by atoms with E-state index in [9.17, 15) is 9.18 Å². The Labute approximate surface area is 160 Å². The summed E-state index contributed by atoms with van der Waals surface area (Å²) < 4.78 is 20.5. The number of hydrogen-bond donors (Lipinski definition) is 1. The van der Waals surface area contributed by atoms with Crippen LogP contribution in [0, 0.1) is 5.82 Å². The van der Waals surface area contributed by atoms with Crippen molar-refractivity contribution in [2.45, 2.75) is 6.92 Å². The first kappa shape index (κ1) is 18.5. The number of para-hydroxylation sites is 2. The van der Waals surface area contributed by atoms with Gasteiger partial charge in [-0.25, -0.2) is 4.39 Å². The predicted molar refractivity (Wildman–Crippen MR) is 105 cm³/mol. The minimum Gasteiger partial charge on any atom is -0.492 e. The quantitative estimate of drug-likeness (QED) is 0.803. The molecule has 1 fully saturated rings. The molecule has 0 saturated carbocycles. The van der Waals surface area contributed by atoms with E-state index in [2.05, 4.69) is 20.8 Å². The lowest BCUT2D eigenvalue weighted by atomic mass is 10.1. The largest absolute Gasteiger partial charge is 0.492 e. The minimum atomic E-state index is -0.755. The maximum absolute atomic E-state index is 14.2. The van der Waals surface area contributed by atoms with Crippen molar-refractivity contribution >= 4 is 33.2 Å². The molecule has 0 aromatic heterocycles. The zero-order valence-electron chi connectivity index (χ0n) is 14.5. The lowest BCUT2D eigenvalue weighted by molar-refractivity contribution is 0.0997. The number of carbonyl (C=O) groups is 1. The number of nitrogens with two attached hydrogens (primary N) is 1. The molecule has 1 amide bonds. The summed E-state index contributed by atoms with van der Waals surface area (Å²) in [6.07, 6.45) is 0. The van der Waals surface area contributed by atoms with E-state index >= 15 is 0 Å². The van der Waals surface area contributed by atoms with Crippen molar-refractivity contribution in [3.05, 3.63) is 52.3 Å². The number of nitrogens with zero attached hydrogens (tertiary/aromatic N) is 2. The smallest absolute Gasteiger partial charge is 0.253 e. The molecule has 0 aliphatic carbocycles. The molecule has 2 aromatic rings. The van der Waals surface area contributed by atoms with Gasteiger partial charge in [0.2, 0.25) is 0 Å². The van der Waals surface area contributed by atoms with Crippen molar-refractivity contribution in [1.82, 2.24) is 0 Å². The maximum Gasteiger partial charge on any atom is 0.253 e. The SMILES string of the molecule is CCOc1ccccc1N1CCN(c2cc(Br)cc(F)c2C(N)=O)CC1. The molecule has 1 saturated heterocycles. The van der Waals surface area contributed by atoms with Gasteiger partial charge in [0.15, 0.2) is 0 Å². The Hall–Kier alpha value is -2.28. The van der Waals surface area contributed by atoms with E-state index in [1.807, 2.05) is 36.1 Å². The summed E-state index contributed by atoms with van der Waals surface area (Å²) in [5.74, 6) is -0.505. The molecule has 0 atom stereocenters. The second-order valence-corrected chi connectivity index (χ2v) is 6.94. The van der Waals surface area contributed by atoms with Gasteiger partial charge in [-0.05, 0) is 31.2 Å². The van der Waals surface area contributed by atoms with Gasteiger partial charge in [0.1, 0.15) is 11.6 Å². The highest BCUT2D eigenvalue weighted by Gasteiger charge is 2.25. The van der Waals surface area contributed by atoms with Crippen molar-refractivity contribution in [3.63, 3.8) is 0 Å². The first-order valence-electron chi connectivity index (χ1n) is 8.51. The molecule has 0 radical (unpaired) electrons. The molecule has 5 nitrogen and oxygen atoms in total. The summed E-state index contributed by atoms with van der Waals surface area (Å²) in [5, 5.41) is 0. The third kappa shape index (κ3) is 3.77. The van der Waals surface area contributed by atoms with Crippen LogP contribution in [-0.2, 0) is 0 Å². The predicted octanol–water partition coefficient (Wildman–Crippen LogP) is 3.41. The molecule has 2 aromatic carbocycles. The molecule has 2 N–H and O–H groups in total. The molecule has 7 heteroatoms. The second-order valence-electron chi connectivity index (χ2n) is 6.02. The fourth-order valence-corrected chi connectivity index (χ4v) is 3.66. The first-order valence-corrected chi connectivity index (χ1v) is 9.31. The van der Waals surface area contributed by atoms with E-state index in [0.29, 0.717) is 29.9 Å². The molecular weight excluding hydrogens is 401 g/mol. The molecule has 0 spiro atoms. The number of hydrogen-bond acceptors (Lipinski definition) is 4. The van der Waals surface area contributed by atoms with Crippen LogP contribution in [0.25, 0.3) is 0 Å². The zero-order chi connectivity index (χ0) is 18.7. The highest BCUT2D eigenvalue weighted by atomic mass is 79.9. The summed E-state index contributed by atoms with van der Waals surface area (Å²) in [5.41, 5.74) is 6.91. The van der Waals surface area contributed by atoms with Gasteiger partial charge in [-0.2, -0.15) is 0 Å². The van der Waals surface area contributed by atoms with E-state index in [-0.39, 0.29) is 5.56 Å². The maximum atomic E-state index is 14.2. The highest BCUT2D eigenvalue weighted by molar-refractivity contribution is 9.10. The standard InChI is InChI=1S/C19H21BrFN3O2/c1-2-26-17-6-4-3-5-15(17)23-7-9-24(10-8-23)16-12-13(20)11-14(21)18(16)19(22)25/h3-6,11-12H,2,7-10H2,1H3,(H2,22,25). The van der Waals surface area contributed by atoms with Gasteiger partial charge < -0.3 is 20.3 Å². The fourth-order valence-electron chi connectivity index (χ4n) is 3.24. The van der Waals surface area contributed by atoms with E-state index in [1.54, 1.807) is 6.07 Å². The molecule has 3 rings (SSSR count). The van der Waals surface area contributed by atoms with Gasteiger partial charge in [-0.3, -0.25) is 4.79 Å². The summed E-state index contributed by atoms with van der Waals surface area (Å²) in [7, 11) is 0. The Kier molecular flexibility index (Phi) is 5.66.